The summed E-state index contributed by atoms with van der Waals surface area (Å²) in [5, 5.41) is 0. The van der Waals surface area contributed by atoms with Crippen molar-refractivity contribution in [3.8, 4) is 17.2 Å². The number of nitrogens with zero attached hydrogens (tertiary/aromatic N) is 1. The minimum absolute atomic E-state index is 0.108. The van der Waals surface area contributed by atoms with Gasteiger partial charge in [-0.2, -0.15) is 0 Å². The molecule has 0 radical (unpaired) electrons. The van der Waals surface area contributed by atoms with Crippen molar-refractivity contribution >= 4 is 49.4 Å². The van der Waals surface area contributed by atoms with E-state index in [9.17, 15) is 9.59 Å². The summed E-state index contributed by atoms with van der Waals surface area (Å²) in [5.74, 6) is 1.30. The number of carbonyl (C=O) groups excluding carboxylic acids is 2. The molecule has 0 atom stereocenters. The summed E-state index contributed by atoms with van der Waals surface area (Å²) >= 11 is 7.07. The molecule has 0 bridgehead atoms. The molecule has 0 aliphatic rings. The molecule has 0 saturated heterocycles. The van der Waals surface area contributed by atoms with Crippen LogP contribution < -0.4 is 14.4 Å². The summed E-state index contributed by atoms with van der Waals surface area (Å²) in [7, 11) is 1.64. The molecule has 0 saturated carbocycles. The first-order valence-electron chi connectivity index (χ1n) is 10.6. The zero-order valence-electron chi connectivity index (χ0n) is 19.3. The van der Waals surface area contributed by atoms with E-state index < -0.39 is 11.9 Å². The smallest absolute Gasteiger partial charge is 0.326 e. The Morgan fingerprint density at radius 2 is 1.79 bits per heavy atom. The molecule has 2 aromatic carbocycles. The fourth-order valence-electron chi connectivity index (χ4n) is 3.29. The maximum absolute atomic E-state index is 13.1. The lowest BCUT2D eigenvalue weighted by atomic mass is 10.0. The van der Waals surface area contributed by atoms with E-state index in [1.165, 1.54) is 17.2 Å². The van der Waals surface area contributed by atoms with Crippen molar-refractivity contribution in [2.75, 3.05) is 25.2 Å². The molecule has 180 valence electrons. The SMILES string of the molecule is CCOC(=O)CN(C(=O)c1ccco1)c1cc(Br)c(Oc2ccc(OC)c(C(C)C)c2)c(Br)c1. The van der Waals surface area contributed by atoms with Gasteiger partial charge in [-0.3, -0.25) is 14.5 Å². The van der Waals surface area contributed by atoms with E-state index in [2.05, 4.69) is 45.7 Å². The summed E-state index contributed by atoms with van der Waals surface area (Å²) < 4.78 is 23.1. The molecule has 0 fully saturated rings. The predicted molar refractivity (Wildman–Crippen MR) is 136 cm³/mol. The summed E-state index contributed by atoms with van der Waals surface area (Å²) in [4.78, 5) is 26.6. The Balaban J connectivity index is 1.95. The maximum atomic E-state index is 13.1. The average Bonchev–Trinajstić information content (AvgIpc) is 3.34. The van der Waals surface area contributed by atoms with Gasteiger partial charge in [0.2, 0.25) is 0 Å². The van der Waals surface area contributed by atoms with Crippen LogP contribution in [0.2, 0.25) is 0 Å². The fourth-order valence-corrected chi connectivity index (χ4v) is 4.62. The molecular weight excluding hydrogens is 570 g/mol. The standard InChI is InChI=1S/C25H25Br2NO6/c1-5-32-23(29)14-28(25(30)22-7-6-10-33-22)16-11-19(26)24(20(27)12-16)34-17-8-9-21(31-4)18(13-17)15(2)3/h6-13,15H,5,14H2,1-4H3. The molecule has 7 nitrogen and oxygen atoms in total. The second-order valence-corrected chi connectivity index (χ2v) is 9.28. The van der Waals surface area contributed by atoms with E-state index in [0.717, 1.165) is 11.3 Å². The lowest BCUT2D eigenvalue weighted by Gasteiger charge is -2.22. The minimum atomic E-state index is -0.533. The Hall–Kier alpha value is -2.78. The number of carbonyl (C=O) groups is 2. The normalized spacial score (nSPS) is 10.8. The van der Waals surface area contributed by atoms with Crippen molar-refractivity contribution < 1.29 is 28.2 Å². The highest BCUT2D eigenvalue weighted by Gasteiger charge is 2.25. The molecule has 0 spiro atoms. The molecule has 1 amide bonds. The van der Waals surface area contributed by atoms with Crippen LogP contribution in [0.1, 0.15) is 42.8 Å². The third-order valence-corrected chi connectivity index (χ3v) is 6.09. The van der Waals surface area contributed by atoms with Crippen LogP contribution in [-0.2, 0) is 9.53 Å². The van der Waals surface area contributed by atoms with Crippen LogP contribution in [0.15, 0.2) is 62.1 Å². The van der Waals surface area contributed by atoms with E-state index in [4.69, 9.17) is 18.6 Å². The number of hydrogen-bond donors (Lipinski definition) is 0. The minimum Gasteiger partial charge on any atom is -0.496 e. The van der Waals surface area contributed by atoms with E-state index >= 15 is 0 Å². The van der Waals surface area contributed by atoms with Gasteiger partial charge in [0.1, 0.15) is 18.0 Å². The van der Waals surface area contributed by atoms with Crippen molar-refractivity contribution in [2.45, 2.75) is 26.7 Å². The zero-order chi connectivity index (χ0) is 24.8. The number of anilines is 1. The number of methoxy groups -OCH3 is 1. The number of amides is 1. The van der Waals surface area contributed by atoms with Crippen molar-refractivity contribution in [3.05, 3.63) is 69.0 Å². The quantitative estimate of drug-likeness (QED) is 0.250. The molecule has 0 N–H and O–H groups in total. The van der Waals surface area contributed by atoms with Gasteiger partial charge < -0.3 is 18.6 Å². The Bertz CT molecular complexity index is 1140. The zero-order valence-corrected chi connectivity index (χ0v) is 22.4. The molecule has 34 heavy (non-hydrogen) atoms. The van der Waals surface area contributed by atoms with Crippen LogP contribution in [0.4, 0.5) is 5.69 Å². The topological polar surface area (TPSA) is 78.2 Å². The highest BCUT2D eigenvalue weighted by Crippen LogP contribution is 2.41. The van der Waals surface area contributed by atoms with Crippen LogP contribution in [0.5, 0.6) is 17.2 Å². The number of hydrogen-bond acceptors (Lipinski definition) is 6. The van der Waals surface area contributed by atoms with E-state index in [-0.39, 0.29) is 24.8 Å². The van der Waals surface area contributed by atoms with Gasteiger partial charge in [0, 0.05) is 11.3 Å². The first kappa shape index (κ1) is 25.8. The number of furan rings is 1. The number of halogens is 2. The van der Waals surface area contributed by atoms with Crippen molar-refractivity contribution in [3.63, 3.8) is 0 Å². The maximum Gasteiger partial charge on any atom is 0.326 e. The van der Waals surface area contributed by atoms with Crippen molar-refractivity contribution in [1.82, 2.24) is 0 Å². The molecule has 3 rings (SSSR count). The van der Waals surface area contributed by atoms with Gasteiger partial charge in [-0.05, 0) is 87.2 Å². The Labute approximate surface area is 215 Å². The molecular formula is C25H25Br2NO6. The summed E-state index contributed by atoms with van der Waals surface area (Å²) in [6.07, 6.45) is 1.40. The number of esters is 1. The number of rotatable bonds is 9. The molecule has 0 unspecified atom stereocenters. The molecule has 0 aliphatic heterocycles. The second-order valence-electron chi connectivity index (χ2n) is 7.57. The van der Waals surface area contributed by atoms with Crippen LogP contribution in [0, 0.1) is 0 Å². The van der Waals surface area contributed by atoms with Crippen LogP contribution in [0.3, 0.4) is 0 Å². The van der Waals surface area contributed by atoms with E-state index in [1.807, 2.05) is 18.2 Å². The predicted octanol–water partition coefficient (Wildman–Crippen LogP) is 6.94. The highest BCUT2D eigenvalue weighted by atomic mass is 79.9. The molecule has 0 aliphatic carbocycles. The first-order chi connectivity index (χ1) is 16.2. The largest absolute Gasteiger partial charge is 0.496 e. The lowest BCUT2D eigenvalue weighted by molar-refractivity contribution is -0.141. The summed E-state index contributed by atoms with van der Waals surface area (Å²) in [6, 6.07) is 12.2. The average molecular weight is 595 g/mol. The molecule has 3 aromatic rings. The van der Waals surface area contributed by atoms with Gasteiger partial charge in [0.25, 0.3) is 5.91 Å². The highest BCUT2D eigenvalue weighted by molar-refractivity contribution is 9.11. The Kier molecular flexibility index (Phi) is 8.79. The van der Waals surface area contributed by atoms with Gasteiger partial charge in [-0.25, -0.2) is 0 Å². The van der Waals surface area contributed by atoms with Crippen molar-refractivity contribution in [2.24, 2.45) is 0 Å². The van der Waals surface area contributed by atoms with Gasteiger partial charge in [0.15, 0.2) is 11.5 Å². The lowest BCUT2D eigenvalue weighted by Crippen LogP contribution is -2.36. The van der Waals surface area contributed by atoms with E-state index in [1.54, 1.807) is 32.2 Å². The van der Waals surface area contributed by atoms with Crippen LogP contribution >= 0.6 is 31.9 Å². The van der Waals surface area contributed by atoms with Gasteiger partial charge in [-0.15, -0.1) is 0 Å². The summed E-state index contributed by atoms with van der Waals surface area (Å²) in [6.45, 7) is 5.80. The van der Waals surface area contributed by atoms with Crippen LogP contribution in [-0.4, -0.2) is 32.1 Å². The Morgan fingerprint density at radius 3 is 2.35 bits per heavy atom. The summed E-state index contributed by atoms with van der Waals surface area (Å²) in [5.41, 5.74) is 1.48. The second kappa shape index (κ2) is 11.6. The fraction of sp³-hybridized carbons (Fsp3) is 0.280. The first-order valence-corrected chi connectivity index (χ1v) is 12.2. The van der Waals surface area contributed by atoms with Crippen molar-refractivity contribution in [1.29, 1.82) is 0 Å². The number of benzene rings is 2. The Morgan fingerprint density at radius 1 is 1.09 bits per heavy atom. The third kappa shape index (κ3) is 6.01. The number of ether oxygens (including phenoxy) is 3. The van der Waals surface area contributed by atoms with Crippen LogP contribution in [0.25, 0.3) is 0 Å². The van der Waals surface area contributed by atoms with E-state index in [0.29, 0.717) is 26.1 Å². The van der Waals surface area contributed by atoms with Gasteiger partial charge >= 0.3 is 5.97 Å². The molecule has 9 heteroatoms. The van der Waals surface area contributed by atoms with Gasteiger partial charge in [0.05, 0.1) is 28.9 Å². The van der Waals surface area contributed by atoms with Gasteiger partial charge in [-0.1, -0.05) is 13.8 Å². The molecule has 1 heterocycles. The third-order valence-electron chi connectivity index (χ3n) is 4.91. The molecule has 1 aromatic heterocycles. The monoisotopic (exact) mass is 593 g/mol.